The molecule has 2 rings (SSSR count). The smallest absolute Gasteiger partial charge is 0.266 e. The van der Waals surface area contributed by atoms with Crippen LogP contribution in [0.1, 0.15) is 0 Å². The van der Waals surface area contributed by atoms with Crippen molar-refractivity contribution in [3.05, 3.63) is 40.0 Å². The van der Waals surface area contributed by atoms with Gasteiger partial charge in [0.1, 0.15) is 5.69 Å². The Hall–Kier alpha value is -1.42. The van der Waals surface area contributed by atoms with E-state index in [4.69, 9.17) is 0 Å². The predicted octanol–water partition coefficient (Wildman–Crippen LogP) is 1.51. The molecule has 0 bridgehead atoms. The molecule has 0 fully saturated rings. The van der Waals surface area contributed by atoms with Crippen LogP contribution in [0.2, 0.25) is 0 Å². The molecular formula is C9H8N2OS. The zero-order valence-corrected chi connectivity index (χ0v) is 7.91. The van der Waals surface area contributed by atoms with Crippen LogP contribution in [0.3, 0.4) is 0 Å². The van der Waals surface area contributed by atoms with Crippen molar-refractivity contribution in [3.63, 3.8) is 0 Å². The molecule has 0 atom stereocenters. The van der Waals surface area contributed by atoms with Crippen molar-refractivity contribution in [2.45, 2.75) is 0 Å². The Balaban J connectivity index is 2.55. The van der Waals surface area contributed by atoms with E-state index in [9.17, 15) is 4.79 Å². The number of hydrogen-bond donors (Lipinski definition) is 0. The third-order valence-corrected chi connectivity index (χ3v) is 2.63. The second-order valence-corrected chi connectivity index (χ2v) is 3.61. The Morgan fingerprint density at radius 2 is 2.23 bits per heavy atom. The fraction of sp³-hybridized carbons (Fsp3) is 0.111. The van der Waals surface area contributed by atoms with Gasteiger partial charge in [-0.1, -0.05) is 6.07 Å². The summed E-state index contributed by atoms with van der Waals surface area (Å²) in [5.74, 6) is 0. The van der Waals surface area contributed by atoms with E-state index in [1.54, 1.807) is 24.5 Å². The second kappa shape index (κ2) is 3.14. The van der Waals surface area contributed by atoms with Crippen molar-refractivity contribution in [3.8, 4) is 10.6 Å². The fourth-order valence-electron chi connectivity index (χ4n) is 1.06. The Labute approximate surface area is 79.3 Å². The molecule has 3 nitrogen and oxygen atoms in total. The molecule has 0 radical (unpaired) electrons. The van der Waals surface area contributed by atoms with Crippen LogP contribution in [0.4, 0.5) is 0 Å². The van der Waals surface area contributed by atoms with Gasteiger partial charge < -0.3 is 0 Å². The summed E-state index contributed by atoms with van der Waals surface area (Å²) in [5.41, 5.74) is 0.761. The van der Waals surface area contributed by atoms with E-state index in [2.05, 4.69) is 5.10 Å². The summed E-state index contributed by atoms with van der Waals surface area (Å²) in [5, 5.41) is 6.12. The van der Waals surface area contributed by atoms with Crippen LogP contribution in [-0.4, -0.2) is 9.78 Å². The number of nitrogens with zero attached hydrogens (tertiary/aromatic N) is 2. The van der Waals surface area contributed by atoms with Crippen LogP contribution in [-0.2, 0) is 7.05 Å². The molecule has 0 N–H and O–H groups in total. The standard InChI is InChI=1S/C9H8N2OS/c1-11-9(12)5-4-7(10-11)8-3-2-6-13-8/h2-6H,1H3. The quantitative estimate of drug-likeness (QED) is 0.686. The fourth-order valence-corrected chi connectivity index (χ4v) is 1.75. The lowest BCUT2D eigenvalue weighted by Gasteiger charge is -1.98. The highest BCUT2D eigenvalue weighted by molar-refractivity contribution is 7.13. The van der Waals surface area contributed by atoms with Gasteiger partial charge in [0.15, 0.2) is 0 Å². The third-order valence-electron chi connectivity index (χ3n) is 1.73. The first kappa shape index (κ1) is 8.19. The van der Waals surface area contributed by atoms with Gasteiger partial charge >= 0.3 is 0 Å². The lowest BCUT2D eigenvalue weighted by atomic mass is 10.3. The van der Waals surface area contributed by atoms with Crippen LogP contribution in [0.15, 0.2) is 34.4 Å². The summed E-state index contributed by atoms with van der Waals surface area (Å²) in [6.45, 7) is 0. The summed E-state index contributed by atoms with van der Waals surface area (Å²) in [4.78, 5) is 12.1. The largest absolute Gasteiger partial charge is 0.268 e. The molecule has 0 aromatic carbocycles. The molecule has 66 valence electrons. The highest BCUT2D eigenvalue weighted by Crippen LogP contribution is 2.20. The zero-order valence-electron chi connectivity index (χ0n) is 7.10. The third kappa shape index (κ3) is 1.53. The summed E-state index contributed by atoms with van der Waals surface area (Å²) in [7, 11) is 1.65. The maximum Gasteiger partial charge on any atom is 0.266 e. The lowest BCUT2D eigenvalue weighted by molar-refractivity contribution is 0.712. The van der Waals surface area contributed by atoms with Crippen LogP contribution in [0, 0.1) is 0 Å². The predicted molar refractivity (Wildman–Crippen MR) is 52.8 cm³/mol. The van der Waals surface area contributed by atoms with Crippen LogP contribution in [0.5, 0.6) is 0 Å². The van der Waals surface area contributed by atoms with E-state index in [1.165, 1.54) is 10.7 Å². The van der Waals surface area contributed by atoms with Gasteiger partial charge in [0, 0.05) is 13.1 Å². The van der Waals surface area contributed by atoms with Gasteiger partial charge in [-0.15, -0.1) is 11.3 Å². The maximum atomic E-state index is 11.0. The number of thiophene rings is 1. The molecule has 0 aliphatic carbocycles. The van der Waals surface area contributed by atoms with E-state index in [1.807, 2.05) is 17.5 Å². The maximum absolute atomic E-state index is 11.0. The molecule has 13 heavy (non-hydrogen) atoms. The van der Waals surface area contributed by atoms with E-state index in [0.717, 1.165) is 10.6 Å². The molecule has 2 aromatic heterocycles. The normalized spacial score (nSPS) is 10.2. The summed E-state index contributed by atoms with van der Waals surface area (Å²) < 4.78 is 1.34. The van der Waals surface area contributed by atoms with Crippen molar-refractivity contribution in [1.29, 1.82) is 0 Å². The van der Waals surface area contributed by atoms with Crippen LogP contribution in [0.25, 0.3) is 10.6 Å². The van der Waals surface area contributed by atoms with Gasteiger partial charge in [-0.25, -0.2) is 4.68 Å². The number of aromatic nitrogens is 2. The van der Waals surface area contributed by atoms with Gasteiger partial charge in [0.2, 0.25) is 0 Å². The molecule has 0 amide bonds. The van der Waals surface area contributed by atoms with Gasteiger partial charge in [-0.2, -0.15) is 5.10 Å². The summed E-state index contributed by atoms with van der Waals surface area (Å²) >= 11 is 1.61. The number of hydrogen-bond acceptors (Lipinski definition) is 3. The summed E-state index contributed by atoms with van der Waals surface area (Å²) in [6, 6.07) is 7.22. The van der Waals surface area contributed by atoms with Crippen molar-refractivity contribution in [1.82, 2.24) is 9.78 Å². The highest BCUT2D eigenvalue weighted by atomic mass is 32.1. The topological polar surface area (TPSA) is 34.9 Å². The first-order chi connectivity index (χ1) is 6.27. The first-order valence-corrected chi connectivity index (χ1v) is 4.73. The molecule has 0 aliphatic heterocycles. The molecule has 0 aliphatic rings. The van der Waals surface area contributed by atoms with Crippen LogP contribution >= 0.6 is 11.3 Å². The minimum atomic E-state index is -0.0830. The highest BCUT2D eigenvalue weighted by Gasteiger charge is 2.00. The monoisotopic (exact) mass is 192 g/mol. The number of aryl methyl sites for hydroxylation is 1. The van der Waals surface area contributed by atoms with Gasteiger partial charge in [-0.05, 0) is 17.5 Å². The van der Waals surface area contributed by atoms with Crippen molar-refractivity contribution in [2.24, 2.45) is 7.05 Å². The Kier molecular flexibility index (Phi) is 1.98. The van der Waals surface area contributed by atoms with E-state index < -0.39 is 0 Å². The van der Waals surface area contributed by atoms with Gasteiger partial charge in [0.05, 0.1) is 4.88 Å². The minimum absolute atomic E-state index is 0.0830. The molecule has 2 heterocycles. The van der Waals surface area contributed by atoms with E-state index >= 15 is 0 Å². The van der Waals surface area contributed by atoms with E-state index in [0.29, 0.717) is 0 Å². The van der Waals surface area contributed by atoms with Crippen molar-refractivity contribution < 1.29 is 0 Å². The molecular weight excluding hydrogens is 184 g/mol. The average Bonchev–Trinajstić information content (AvgIpc) is 2.62. The lowest BCUT2D eigenvalue weighted by Crippen LogP contribution is -2.17. The van der Waals surface area contributed by atoms with Crippen molar-refractivity contribution in [2.75, 3.05) is 0 Å². The first-order valence-electron chi connectivity index (χ1n) is 3.85. The molecule has 0 saturated heterocycles. The summed E-state index contributed by atoms with van der Waals surface area (Å²) in [6.07, 6.45) is 0. The molecule has 0 spiro atoms. The Morgan fingerprint density at radius 3 is 2.85 bits per heavy atom. The zero-order chi connectivity index (χ0) is 9.26. The molecule has 4 heteroatoms. The minimum Gasteiger partial charge on any atom is -0.268 e. The van der Waals surface area contributed by atoms with Gasteiger partial charge in [0.25, 0.3) is 5.56 Å². The Bertz CT molecular complexity index is 459. The van der Waals surface area contributed by atoms with Crippen LogP contribution < -0.4 is 5.56 Å². The second-order valence-electron chi connectivity index (χ2n) is 2.66. The molecule has 0 unspecified atom stereocenters. The van der Waals surface area contributed by atoms with E-state index in [-0.39, 0.29) is 5.56 Å². The SMILES string of the molecule is Cn1nc(-c2cccs2)ccc1=O. The van der Waals surface area contributed by atoms with Gasteiger partial charge in [-0.3, -0.25) is 4.79 Å². The average molecular weight is 192 g/mol. The Morgan fingerprint density at radius 1 is 1.38 bits per heavy atom. The molecule has 2 aromatic rings. The van der Waals surface area contributed by atoms with Crippen molar-refractivity contribution >= 4 is 11.3 Å². The number of rotatable bonds is 1. The molecule has 0 saturated carbocycles.